The molecule has 0 aliphatic heterocycles. The van der Waals surface area contributed by atoms with E-state index in [-0.39, 0.29) is 0 Å². The number of hydrogen-bond acceptors (Lipinski definition) is 3. The summed E-state index contributed by atoms with van der Waals surface area (Å²) in [6, 6.07) is 0. The van der Waals surface area contributed by atoms with Gasteiger partial charge in [0.05, 0.1) is 5.69 Å². The second-order valence-electron chi connectivity index (χ2n) is 2.85. The predicted octanol–water partition coefficient (Wildman–Crippen LogP) is 2.89. The van der Waals surface area contributed by atoms with Crippen molar-refractivity contribution in [2.24, 2.45) is 0 Å². The minimum atomic E-state index is 0.507. The molecule has 1 rings (SSSR count). The Hall–Kier alpha value is -0.280. The Balaban J connectivity index is 2.58. The van der Waals surface area contributed by atoms with Crippen LogP contribution in [-0.2, 0) is 0 Å². The zero-order valence-corrected chi connectivity index (χ0v) is 9.40. The molecule has 0 fully saturated rings. The standard InChI is InChI=1S/C9H13ClN2S/c1-7(3-4-10)13-9-8(2)11-5-6-12-9/h5-7H,3-4H2,1-2H3. The maximum absolute atomic E-state index is 5.65. The highest BCUT2D eigenvalue weighted by molar-refractivity contribution is 7.99. The molecule has 2 nitrogen and oxygen atoms in total. The first-order valence-corrected chi connectivity index (χ1v) is 5.65. The van der Waals surface area contributed by atoms with Gasteiger partial charge in [-0.25, -0.2) is 4.98 Å². The maximum Gasteiger partial charge on any atom is 0.117 e. The smallest absolute Gasteiger partial charge is 0.117 e. The van der Waals surface area contributed by atoms with Crippen LogP contribution in [0.2, 0.25) is 0 Å². The topological polar surface area (TPSA) is 25.8 Å². The van der Waals surface area contributed by atoms with Gasteiger partial charge < -0.3 is 0 Å². The number of rotatable bonds is 4. The molecular weight excluding hydrogens is 204 g/mol. The van der Waals surface area contributed by atoms with Gasteiger partial charge >= 0.3 is 0 Å². The highest BCUT2D eigenvalue weighted by atomic mass is 35.5. The highest BCUT2D eigenvalue weighted by Crippen LogP contribution is 2.24. The summed E-state index contributed by atoms with van der Waals surface area (Å²) in [5, 5.41) is 1.52. The van der Waals surface area contributed by atoms with Crippen molar-refractivity contribution in [2.45, 2.75) is 30.5 Å². The minimum absolute atomic E-state index is 0.507. The molecule has 0 aromatic carbocycles. The fourth-order valence-corrected chi connectivity index (χ4v) is 2.33. The van der Waals surface area contributed by atoms with E-state index in [1.165, 1.54) is 0 Å². The van der Waals surface area contributed by atoms with Crippen LogP contribution in [0.1, 0.15) is 19.0 Å². The molecule has 0 aliphatic rings. The lowest BCUT2D eigenvalue weighted by molar-refractivity contribution is 0.898. The van der Waals surface area contributed by atoms with E-state index in [1.807, 2.05) is 6.92 Å². The van der Waals surface area contributed by atoms with E-state index in [0.717, 1.165) is 17.1 Å². The first-order valence-electron chi connectivity index (χ1n) is 4.24. The predicted molar refractivity (Wildman–Crippen MR) is 57.4 cm³/mol. The number of nitrogens with zero attached hydrogens (tertiary/aromatic N) is 2. The zero-order chi connectivity index (χ0) is 9.68. The Morgan fingerprint density at radius 2 is 2.15 bits per heavy atom. The average Bonchev–Trinajstić information content (AvgIpc) is 2.09. The van der Waals surface area contributed by atoms with Crippen LogP contribution in [0, 0.1) is 6.92 Å². The third-order valence-corrected chi connectivity index (χ3v) is 3.14. The number of aryl methyl sites for hydroxylation is 1. The summed E-state index contributed by atoms with van der Waals surface area (Å²) in [5.41, 5.74) is 0.994. The van der Waals surface area contributed by atoms with Crippen LogP contribution in [-0.4, -0.2) is 21.1 Å². The van der Waals surface area contributed by atoms with Gasteiger partial charge in [0, 0.05) is 23.5 Å². The Bertz CT molecular complexity index is 268. The van der Waals surface area contributed by atoms with E-state index in [1.54, 1.807) is 24.2 Å². The van der Waals surface area contributed by atoms with Crippen LogP contribution in [0.15, 0.2) is 17.4 Å². The van der Waals surface area contributed by atoms with Crippen LogP contribution in [0.25, 0.3) is 0 Å². The summed E-state index contributed by atoms with van der Waals surface area (Å²) in [6.45, 7) is 4.13. The first-order chi connectivity index (χ1) is 6.24. The minimum Gasteiger partial charge on any atom is -0.257 e. The maximum atomic E-state index is 5.65. The zero-order valence-electron chi connectivity index (χ0n) is 7.83. The van der Waals surface area contributed by atoms with E-state index in [9.17, 15) is 0 Å². The molecule has 1 heterocycles. The van der Waals surface area contributed by atoms with Gasteiger partial charge in [0.25, 0.3) is 0 Å². The van der Waals surface area contributed by atoms with Gasteiger partial charge in [-0.1, -0.05) is 6.92 Å². The van der Waals surface area contributed by atoms with Gasteiger partial charge in [-0.15, -0.1) is 23.4 Å². The SMILES string of the molecule is Cc1nccnc1SC(C)CCCl. The van der Waals surface area contributed by atoms with Gasteiger partial charge in [0.15, 0.2) is 0 Å². The molecule has 0 N–H and O–H groups in total. The summed E-state index contributed by atoms with van der Waals surface area (Å²) in [6.07, 6.45) is 4.44. The summed E-state index contributed by atoms with van der Waals surface area (Å²) in [5.74, 6) is 0.702. The average molecular weight is 217 g/mol. The van der Waals surface area contributed by atoms with Crippen LogP contribution in [0.3, 0.4) is 0 Å². The fourth-order valence-electron chi connectivity index (χ4n) is 0.914. The molecule has 0 saturated heterocycles. The van der Waals surface area contributed by atoms with Crippen LogP contribution in [0.5, 0.6) is 0 Å². The normalized spacial score (nSPS) is 12.8. The summed E-state index contributed by atoms with van der Waals surface area (Å²) in [7, 11) is 0. The summed E-state index contributed by atoms with van der Waals surface area (Å²) in [4.78, 5) is 8.43. The number of halogens is 1. The second-order valence-corrected chi connectivity index (χ2v) is 4.66. The van der Waals surface area contributed by atoms with E-state index in [2.05, 4.69) is 16.9 Å². The Morgan fingerprint density at radius 3 is 2.77 bits per heavy atom. The van der Waals surface area contributed by atoms with Crippen LogP contribution in [0.4, 0.5) is 0 Å². The quantitative estimate of drug-likeness (QED) is 0.572. The lowest BCUT2D eigenvalue weighted by Crippen LogP contribution is -1.99. The summed E-state index contributed by atoms with van der Waals surface area (Å²) < 4.78 is 0. The number of hydrogen-bond donors (Lipinski definition) is 0. The van der Waals surface area contributed by atoms with E-state index < -0.39 is 0 Å². The number of alkyl halides is 1. The summed E-state index contributed by atoms with van der Waals surface area (Å²) >= 11 is 7.39. The Kier molecular flexibility index (Phi) is 4.53. The van der Waals surface area contributed by atoms with Gasteiger partial charge in [-0.3, -0.25) is 4.98 Å². The lowest BCUT2D eigenvalue weighted by atomic mass is 10.4. The van der Waals surface area contributed by atoms with Crippen molar-refractivity contribution in [3.63, 3.8) is 0 Å². The molecule has 4 heteroatoms. The van der Waals surface area contributed by atoms with Crippen molar-refractivity contribution in [1.82, 2.24) is 9.97 Å². The molecule has 0 amide bonds. The second kappa shape index (κ2) is 5.45. The molecule has 13 heavy (non-hydrogen) atoms. The monoisotopic (exact) mass is 216 g/mol. The molecule has 0 radical (unpaired) electrons. The molecule has 1 unspecified atom stereocenters. The largest absolute Gasteiger partial charge is 0.257 e. The van der Waals surface area contributed by atoms with Crippen molar-refractivity contribution < 1.29 is 0 Å². The third kappa shape index (κ3) is 3.53. The number of aromatic nitrogens is 2. The fraction of sp³-hybridized carbons (Fsp3) is 0.556. The van der Waals surface area contributed by atoms with E-state index in [0.29, 0.717) is 11.1 Å². The molecule has 1 aromatic heterocycles. The molecular formula is C9H13ClN2S. The molecule has 0 aliphatic carbocycles. The lowest BCUT2D eigenvalue weighted by Gasteiger charge is -2.08. The highest BCUT2D eigenvalue weighted by Gasteiger charge is 2.07. The van der Waals surface area contributed by atoms with Crippen molar-refractivity contribution in [2.75, 3.05) is 5.88 Å². The van der Waals surface area contributed by atoms with Gasteiger partial charge in [0.1, 0.15) is 5.03 Å². The van der Waals surface area contributed by atoms with Crippen molar-refractivity contribution in [3.05, 3.63) is 18.1 Å². The van der Waals surface area contributed by atoms with Crippen LogP contribution < -0.4 is 0 Å². The molecule has 0 bridgehead atoms. The van der Waals surface area contributed by atoms with E-state index >= 15 is 0 Å². The Labute approximate surface area is 88.1 Å². The molecule has 1 atom stereocenters. The van der Waals surface area contributed by atoms with Crippen LogP contribution >= 0.6 is 23.4 Å². The molecule has 1 aromatic rings. The molecule has 0 spiro atoms. The number of thioether (sulfide) groups is 1. The first kappa shape index (κ1) is 10.8. The van der Waals surface area contributed by atoms with Gasteiger partial charge in [-0.05, 0) is 13.3 Å². The van der Waals surface area contributed by atoms with Crippen molar-refractivity contribution >= 4 is 23.4 Å². The van der Waals surface area contributed by atoms with Crippen molar-refractivity contribution in [3.8, 4) is 0 Å². The van der Waals surface area contributed by atoms with Gasteiger partial charge in [-0.2, -0.15) is 0 Å². The van der Waals surface area contributed by atoms with Gasteiger partial charge in [0.2, 0.25) is 0 Å². The molecule has 0 saturated carbocycles. The molecule has 72 valence electrons. The van der Waals surface area contributed by atoms with E-state index in [4.69, 9.17) is 11.6 Å². The van der Waals surface area contributed by atoms with Crippen molar-refractivity contribution in [1.29, 1.82) is 0 Å². The third-order valence-electron chi connectivity index (χ3n) is 1.66. The Morgan fingerprint density at radius 1 is 1.46 bits per heavy atom.